The number of carbonyl (C=O) groups is 1. The average Bonchev–Trinajstić information content (AvgIpc) is 3.40. The van der Waals surface area contributed by atoms with E-state index >= 15 is 0 Å². The number of nitrogens with zero attached hydrogens (tertiary/aromatic N) is 6. The van der Waals surface area contributed by atoms with Gasteiger partial charge >= 0.3 is 6.18 Å². The van der Waals surface area contributed by atoms with Gasteiger partial charge in [-0.1, -0.05) is 24.3 Å². The van der Waals surface area contributed by atoms with Crippen LogP contribution >= 0.6 is 0 Å². The third-order valence-electron chi connectivity index (χ3n) is 8.00. The number of rotatable bonds is 7. The summed E-state index contributed by atoms with van der Waals surface area (Å²) < 4.78 is 50.2. The number of benzene rings is 3. The molecule has 238 valence electrons. The lowest BCUT2D eigenvalue weighted by molar-refractivity contribution is -0.138. The van der Waals surface area contributed by atoms with Crippen molar-refractivity contribution in [3.8, 4) is 23.0 Å². The van der Waals surface area contributed by atoms with Crippen LogP contribution in [0, 0.1) is 6.92 Å². The summed E-state index contributed by atoms with van der Waals surface area (Å²) in [5.41, 5.74) is 8.44. The number of aryl methyl sites for hydroxylation is 2. The Bertz CT molecular complexity index is 1920. The number of amides is 1. The van der Waals surface area contributed by atoms with Gasteiger partial charge in [0, 0.05) is 62.3 Å². The molecule has 0 unspecified atom stereocenters. The third kappa shape index (κ3) is 6.65. The van der Waals surface area contributed by atoms with Gasteiger partial charge in [-0.2, -0.15) is 18.2 Å². The Labute approximate surface area is 263 Å². The third-order valence-corrected chi connectivity index (χ3v) is 8.00. The fraction of sp³-hybridized carbons (Fsp3) is 0.273. The van der Waals surface area contributed by atoms with Gasteiger partial charge in [0.05, 0.1) is 11.9 Å². The summed E-state index contributed by atoms with van der Waals surface area (Å²) in [6.45, 7) is 4.88. The molecule has 13 heteroatoms. The van der Waals surface area contributed by atoms with E-state index in [1.807, 2.05) is 18.0 Å². The lowest BCUT2D eigenvalue weighted by Crippen LogP contribution is -2.44. The molecular formula is C33H33F3N8O2. The van der Waals surface area contributed by atoms with E-state index in [0.29, 0.717) is 52.6 Å². The Morgan fingerprint density at radius 1 is 1.00 bits per heavy atom. The maximum Gasteiger partial charge on any atom is 0.416 e. The summed E-state index contributed by atoms with van der Waals surface area (Å²) >= 11 is 0. The summed E-state index contributed by atoms with van der Waals surface area (Å²) in [6.07, 6.45) is -2.99. The molecule has 1 aliphatic heterocycles. The van der Waals surface area contributed by atoms with Crippen LogP contribution < -0.4 is 15.8 Å². The van der Waals surface area contributed by atoms with E-state index in [4.69, 9.17) is 10.5 Å². The highest BCUT2D eigenvalue weighted by Gasteiger charge is 2.34. The molecule has 0 atom stereocenters. The normalized spacial score (nSPS) is 14.5. The Balaban J connectivity index is 1.26. The fourth-order valence-electron chi connectivity index (χ4n) is 5.38. The van der Waals surface area contributed by atoms with Gasteiger partial charge in [-0.15, -0.1) is 0 Å². The molecule has 0 spiro atoms. The van der Waals surface area contributed by atoms with Gasteiger partial charge < -0.3 is 25.3 Å². The maximum absolute atomic E-state index is 14.1. The number of piperazine rings is 1. The van der Waals surface area contributed by atoms with Gasteiger partial charge in [0.2, 0.25) is 0 Å². The Kier molecular flexibility index (Phi) is 8.36. The highest BCUT2D eigenvalue weighted by molar-refractivity contribution is 6.05. The smallest absolute Gasteiger partial charge is 0.416 e. The van der Waals surface area contributed by atoms with E-state index in [2.05, 4.69) is 25.2 Å². The quantitative estimate of drug-likeness (QED) is 0.219. The van der Waals surface area contributed by atoms with Crippen LogP contribution in [0.4, 0.5) is 24.5 Å². The van der Waals surface area contributed by atoms with E-state index in [0.717, 1.165) is 19.2 Å². The number of alkyl halides is 3. The van der Waals surface area contributed by atoms with Crippen LogP contribution in [-0.4, -0.2) is 68.5 Å². The highest BCUT2D eigenvalue weighted by atomic mass is 19.4. The molecule has 2 aromatic heterocycles. The number of imidazole rings is 1. The summed E-state index contributed by atoms with van der Waals surface area (Å²) in [5.74, 6) is 0.261. The predicted molar refractivity (Wildman–Crippen MR) is 170 cm³/mol. The summed E-state index contributed by atoms with van der Waals surface area (Å²) in [6, 6.07) is 16.0. The molecule has 0 radical (unpaired) electrons. The average molecular weight is 631 g/mol. The van der Waals surface area contributed by atoms with E-state index in [1.165, 1.54) is 18.2 Å². The van der Waals surface area contributed by atoms with E-state index in [-0.39, 0.29) is 29.2 Å². The number of ether oxygens (including phenoxy) is 1. The van der Waals surface area contributed by atoms with E-state index in [1.54, 1.807) is 55.2 Å². The fourth-order valence-corrected chi connectivity index (χ4v) is 5.38. The first kappa shape index (κ1) is 31.0. The zero-order valence-corrected chi connectivity index (χ0v) is 25.6. The number of hydrogen-bond donors (Lipinski definition) is 2. The Hall–Kier alpha value is -5.01. The maximum atomic E-state index is 14.1. The van der Waals surface area contributed by atoms with Crippen molar-refractivity contribution in [3.05, 3.63) is 89.2 Å². The molecule has 1 saturated heterocycles. The van der Waals surface area contributed by atoms with Gasteiger partial charge in [0.15, 0.2) is 17.0 Å². The second-order valence-electron chi connectivity index (χ2n) is 11.5. The van der Waals surface area contributed by atoms with E-state index < -0.39 is 17.6 Å². The molecule has 3 N–H and O–H groups in total. The Morgan fingerprint density at radius 3 is 2.52 bits per heavy atom. The van der Waals surface area contributed by atoms with E-state index in [9.17, 15) is 18.0 Å². The number of nitrogens with one attached hydrogen (secondary N) is 1. The van der Waals surface area contributed by atoms with Crippen LogP contribution in [-0.2, 0) is 19.8 Å². The van der Waals surface area contributed by atoms with Crippen molar-refractivity contribution in [1.82, 2.24) is 29.3 Å². The molecule has 5 aromatic rings. The number of nitrogen functional groups attached to an aromatic ring is 1. The van der Waals surface area contributed by atoms with Crippen molar-refractivity contribution in [2.75, 3.05) is 44.3 Å². The molecule has 1 amide bonds. The van der Waals surface area contributed by atoms with Crippen molar-refractivity contribution in [2.24, 2.45) is 7.05 Å². The van der Waals surface area contributed by atoms with Crippen LogP contribution in [0.2, 0.25) is 0 Å². The van der Waals surface area contributed by atoms with Crippen LogP contribution in [0.5, 0.6) is 11.6 Å². The topological polar surface area (TPSA) is 114 Å². The molecule has 46 heavy (non-hydrogen) atoms. The first-order valence-corrected chi connectivity index (χ1v) is 14.7. The molecule has 10 nitrogen and oxygen atoms in total. The summed E-state index contributed by atoms with van der Waals surface area (Å²) in [7, 11) is 3.79. The molecule has 0 bridgehead atoms. The molecule has 3 heterocycles. The number of fused-ring (bicyclic) bond motifs is 1. The molecule has 1 aliphatic rings. The van der Waals surface area contributed by atoms with Crippen molar-refractivity contribution >= 4 is 28.4 Å². The number of carbonyl (C=O) groups excluding carboxylic acids is 1. The van der Waals surface area contributed by atoms with Gasteiger partial charge in [-0.25, -0.2) is 9.97 Å². The monoisotopic (exact) mass is 630 g/mol. The number of likely N-dealkylation sites (N-methyl/N-ethyl adjacent to an activating group) is 1. The van der Waals surface area contributed by atoms with Crippen LogP contribution in [0.15, 0.2) is 67.0 Å². The first-order chi connectivity index (χ1) is 21.9. The van der Waals surface area contributed by atoms with Crippen LogP contribution in [0.1, 0.15) is 27.0 Å². The first-order valence-electron chi connectivity index (χ1n) is 14.7. The predicted octanol–water partition coefficient (Wildman–Crippen LogP) is 5.73. The zero-order chi connectivity index (χ0) is 32.6. The van der Waals surface area contributed by atoms with Crippen molar-refractivity contribution in [3.63, 3.8) is 0 Å². The lowest BCUT2D eigenvalue weighted by atomic mass is 10.0. The summed E-state index contributed by atoms with van der Waals surface area (Å²) in [4.78, 5) is 31.2. The standard InChI is InChI=1S/C33H33F3N8O2/c1-20-7-10-25(46-32-28-30(43(3)19-38-28)40-29(41-32)21-5-4-6-23(37)15-21)17-26(20)31(45)39-24-9-8-22(27(16-24)33(34,35)36)18-44-13-11-42(2)12-14-44/h4-10,15-17,19H,11-14,18,37H2,1-3H3,(H,39,45). The highest BCUT2D eigenvalue weighted by Crippen LogP contribution is 2.35. The number of halogens is 3. The van der Waals surface area contributed by atoms with Crippen molar-refractivity contribution in [2.45, 2.75) is 19.6 Å². The van der Waals surface area contributed by atoms with Crippen molar-refractivity contribution in [1.29, 1.82) is 0 Å². The summed E-state index contributed by atoms with van der Waals surface area (Å²) in [5, 5.41) is 2.64. The molecule has 1 fully saturated rings. The largest absolute Gasteiger partial charge is 0.437 e. The van der Waals surface area contributed by atoms with Crippen LogP contribution in [0.3, 0.4) is 0 Å². The number of aromatic nitrogens is 4. The van der Waals surface area contributed by atoms with Gasteiger partial charge in [0.25, 0.3) is 11.8 Å². The molecule has 0 aliphatic carbocycles. The molecule has 6 rings (SSSR count). The zero-order valence-electron chi connectivity index (χ0n) is 25.6. The molecule has 0 saturated carbocycles. The number of nitrogens with two attached hydrogens (primary N) is 1. The Morgan fingerprint density at radius 2 is 1.78 bits per heavy atom. The minimum atomic E-state index is -4.58. The van der Waals surface area contributed by atoms with Crippen molar-refractivity contribution < 1.29 is 22.7 Å². The SMILES string of the molecule is Cc1ccc(Oc2nc(-c3cccc(N)c3)nc3c2ncn3C)cc1C(=O)Nc1ccc(CN2CCN(C)CC2)c(C(F)(F)F)c1. The number of hydrogen-bond acceptors (Lipinski definition) is 8. The minimum absolute atomic E-state index is 0.0444. The molecular weight excluding hydrogens is 597 g/mol. The van der Waals surface area contributed by atoms with Gasteiger partial charge in [-0.05, 0) is 61.5 Å². The number of anilines is 2. The second-order valence-corrected chi connectivity index (χ2v) is 11.5. The van der Waals surface area contributed by atoms with Crippen LogP contribution in [0.25, 0.3) is 22.6 Å². The lowest BCUT2D eigenvalue weighted by Gasteiger charge is -2.33. The van der Waals surface area contributed by atoms with Gasteiger partial charge in [0.1, 0.15) is 5.75 Å². The molecule has 3 aromatic carbocycles. The minimum Gasteiger partial charge on any atom is -0.437 e. The van der Waals surface area contributed by atoms with Gasteiger partial charge in [-0.3, -0.25) is 9.69 Å². The second kappa shape index (κ2) is 12.4.